The van der Waals surface area contributed by atoms with E-state index in [0.29, 0.717) is 18.5 Å². The Balaban J connectivity index is 1.68. The van der Waals surface area contributed by atoms with Crippen LogP contribution in [0, 0.1) is 11.8 Å². The number of nitrogens with one attached hydrogen (secondary N) is 2. The number of carbonyl (C=O) groups excluding carboxylic acids is 1. The molecule has 3 rings (SSSR count). The van der Waals surface area contributed by atoms with Crippen molar-refractivity contribution in [1.29, 1.82) is 0 Å². The number of hydrogen-bond acceptors (Lipinski definition) is 6. The number of hydrogen-bond donors (Lipinski definition) is 3. The van der Waals surface area contributed by atoms with E-state index in [9.17, 15) is 23.1 Å². The van der Waals surface area contributed by atoms with Gasteiger partial charge >= 0.3 is 5.97 Å². The molecule has 10 heteroatoms. The van der Waals surface area contributed by atoms with E-state index in [2.05, 4.69) is 15.0 Å². The third-order valence-corrected chi connectivity index (χ3v) is 6.68. The highest BCUT2D eigenvalue weighted by atomic mass is 32.2. The molecule has 1 fully saturated rings. The van der Waals surface area contributed by atoms with E-state index < -0.39 is 27.8 Å². The van der Waals surface area contributed by atoms with Gasteiger partial charge in [-0.15, -0.1) is 11.3 Å². The minimum atomic E-state index is -3.76. The maximum absolute atomic E-state index is 12.5. The highest BCUT2D eigenvalue weighted by Gasteiger charge is 2.35. The van der Waals surface area contributed by atoms with Gasteiger partial charge in [-0.2, -0.15) is 0 Å². The molecule has 1 aliphatic rings. The molecule has 27 heavy (non-hydrogen) atoms. The average Bonchev–Trinajstić information content (AvgIpc) is 3.14. The van der Waals surface area contributed by atoms with Crippen LogP contribution in [0.4, 0.5) is 10.8 Å². The second-order valence-corrected chi connectivity index (χ2v) is 8.87. The Morgan fingerprint density at radius 2 is 1.78 bits per heavy atom. The van der Waals surface area contributed by atoms with Gasteiger partial charge in [0, 0.05) is 17.3 Å². The molecular weight excluding hydrogens is 390 g/mol. The molecule has 1 aromatic carbocycles. The van der Waals surface area contributed by atoms with Crippen molar-refractivity contribution in [3.8, 4) is 0 Å². The maximum Gasteiger partial charge on any atom is 0.307 e. The number of carboxylic acids is 1. The molecule has 1 amide bonds. The molecule has 0 radical (unpaired) electrons. The van der Waals surface area contributed by atoms with E-state index in [1.54, 1.807) is 5.38 Å². The summed E-state index contributed by atoms with van der Waals surface area (Å²) in [6, 6.07) is 5.71. The first-order chi connectivity index (χ1) is 12.9. The molecule has 1 aliphatic carbocycles. The average molecular weight is 409 g/mol. The summed E-state index contributed by atoms with van der Waals surface area (Å²) >= 11 is 1.17. The predicted octanol–water partition coefficient (Wildman–Crippen LogP) is 2.77. The number of carbonyl (C=O) groups is 2. The van der Waals surface area contributed by atoms with Crippen LogP contribution in [0.3, 0.4) is 0 Å². The van der Waals surface area contributed by atoms with Gasteiger partial charge in [0.1, 0.15) is 0 Å². The summed E-state index contributed by atoms with van der Waals surface area (Å²) in [5.41, 5.74) is 0.419. The fraction of sp³-hybridized carbons (Fsp3) is 0.353. The summed E-state index contributed by atoms with van der Waals surface area (Å²) in [6.07, 6.45) is 4.15. The Labute approximate surface area is 160 Å². The number of rotatable bonds is 6. The van der Waals surface area contributed by atoms with Crippen molar-refractivity contribution in [2.75, 3.05) is 10.0 Å². The Morgan fingerprint density at radius 1 is 1.11 bits per heavy atom. The number of carboxylic acid groups (broad SMARTS) is 1. The van der Waals surface area contributed by atoms with Gasteiger partial charge in [-0.3, -0.25) is 14.3 Å². The Morgan fingerprint density at radius 3 is 2.37 bits per heavy atom. The smallest absolute Gasteiger partial charge is 0.307 e. The van der Waals surface area contributed by atoms with Crippen LogP contribution < -0.4 is 10.0 Å². The van der Waals surface area contributed by atoms with E-state index in [4.69, 9.17) is 0 Å². The van der Waals surface area contributed by atoms with Crippen LogP contribution in [0.5, 0.6) is 0 Å². The molecule has 144 valence electrons. The summed E-state index contributed by atoms with van der Waals surface area (Å²) in [5, 5.41) is 13.9. The molecule has 2 unspecified atom stereocenters. The summed E-state index contributed by atoms with van der Waals surface area (Å²) in [4.78, 5) is 27.7. The minimum absolute atomic E-state index is 0.0387. The lowest BCUT2D eigenvalue weighted by molar-refractivity contribution is -0.147. The highest BCUT2D eigenvalue weighted by Crippen LogP contribution is 2.31. The molecule has 2 atom stereocenters. The lowest BCUT2D eigenvalue weighted by atomic mass is 9.78. The quantitative estimate of drug-likeness (QED) is 0.674. The molecule has 3 N–H and O–H groups in total. The first kappa shape index (κ1) is 19.3. The van der Waals surface area contributed by atoms with E-state index in [1.165, 1.54) is 41.8 Å². The zero-order valence-corrected chi connectivity index (χ0v) is 15.9. The van der Waals surface area contributed by atoms with Crippen LogP contribution in [0.15, 0.2) is 40.7 Å². The lowest BCUT2D eigenvalue weighted by Crippen LogP contribution is -2.36. The zero-order valence-electron chi connectivity index (χ0n) is 14.3. The highest BCUT2D eigenvalue weighted by molar-refractivity contribution is 7.93. The van der Waals surface area contributed by atoms with E-state index >= 15 is 0 Å². The van der Waals surface area contributed by atoms with Gasteiger partial charge in [0.25, 0.3) is 10.0 Å². The van der Waals surface area contributed by atoms with Crippen molar-refractivity contribution >= 4 is 44.1 Å². The maximum atomic E-state index is 12.5. The third-order valence-electron chi connectivity index (χ3n) is 4.51. The number of benzene rings is 1. The van der Waals surface area contributed by atoms with Crippen LogP contribution in [-0.2, 0) is 19.6 Å². The SMILES string of the molecule is O=C(O)C1CCCCC1C(=O)Nc1ccc(S(=O)(=O)Nc2nccs2)cc1. The molecular formula is C17H19N3O5S2. The molecule has 8 nitrogen and oxygen atoms in total. The third kappa shape index (κ3) is 4.64. The van der Waals surface area contributed by atoms with Crippen molar-refractivity contribution in [3.63, 3.8) is 0 Å². The molecule has 1 heterocycles. The number of aliphatic carboxylic acids is 1. The lowest BCUT2D eigenvalue weighted by Gasteiger charge is -2.27. The zero-order chi connectivity index (χ0) is 19.4. The van der Waals surface area contributed by atoms with Gasteiger partial charge in [0.05, 0.1) is 16.7 Å². The summed E-state index contributed by atoms with van der Waals surface area (Å²) in [5.74, 6) is -2.56. The Bertz CT molecular complexity index is 911. The first-order valence-corrected chi connectivity index (χ1v) is 10.8. The standard InChI is InChI=1S/C17H19N3O5S2/c21-15(13-3-1-2-4-14(13)16(22)23)19-11-5-7-12(8-6-11)27(24,25)20-17-18-9-10-26-17/h5-10,13-14H,1-4H2,(H,18,20)(H,19,21)(H,22,23). The van der Waals surface area contributed by atoms with Gasteiger partial charge in [0.15, 0.2) is 5.13 Å². The molecule has 0 aliphatic heterocycles. The second-order valence-electron chi connectivity index (χ2n) is 6.29. The fourth-order valence-electron chi connectivity index (χ4n) is 3.14. The summed E-state index contributed by atoms with van der Waals surface area (Å²) in [6.45, 7) is 0. The first-order valence-electron chi connectivity index (χ1n) is 8.43. The Kier molecular flexibility index (Phi) is 5.76. The molecule has 0 bridgehead atoms. The largest absolute Gasteiger partial charge is 0.481 e. The van der Waals surface area contributed by atoms with Crippen molar-refractivity contribution < 1.29 is 23.1 Å². The van der Waals surface area contributed by atoms with Crippen LogP contribution in [0.25, 0.3) is 0 Å². The van der Waals surface area contributed by atoms with Gasteiger partial charge in [-0.1, -0.05) is 12.8 Å². The van der Waals surface area contributed by atoms with Crippen LogP contribution in [0.2, 0.25) is 0 Å². The van der Waals surface area contributed by atoms with E-state index in [0.717, 1.165) is 12.8 Å². The predicted molar refractivity (Wildman–Crippen MR) is 101 cm³/mol. The summed E-state index contributed by atoms with van der Waals surface area (Å²) < 4.78 is 27.0. The molecule has 1 saturated carbocycles. The minimum Gasteiger partial charge on any atom is -0.481 e. The van der Waals surface area contributed by atoms with Gasteiger partial charge in [-0.25, -0.2) is 13.4 Å². The van der Waals surface area contributed by atoms with Crippen LogP contribution >= 0.6 is 11.3 Å². The number of sulfonamides is 1. The van der Waals surface area contributed by atoms with Gasteiger partial charge in [-0.05, 0) is 37.1 Å². The number of thiazole rings is 1. The Hall–Kier alpha value is -2.46. The second kappa shape index (κ2) is 8.05. The van der Waals surface area contributed by atoms with Crippen molar-refractivity contribution in [3.05, 3.63) is 35.8 Å². The van der Waals surface area contributed by atoms with Gasteiger partial charge < -0.3 is 10.4 Å². The number of anilines is 2. The van der Waals surface area contributed by atoms with E-state index in [-0.39, 0.29) is 15.9 Å². The van der Waals surface area contributed by atoms with E-state index in [1.807, 2.05) is 0 Å². The normalized spacial score (nSPS) is 20.0. The topological polar surface area (TPSA) is 125 Å². The summed E-state index contributed by atoms with van der Waals surface area (Å²) in [7, 11) is -3.76. The van der Waals surface area contributed by atoms with Gasteiger partial charge in [0.2, 0.25) is 5.91 Å². The van der Waals surface area contributed by atoms with Crippen LogP contribution in [-0.4, -0.2) is 30.4 Å². The molecule has 0 saturated heterocycles. The number of amides is 1. The number of nitrogens with zero attached hydrogens (tertiary/aromatic N) is 1. The van der Waals surface area contributed by atoms with Crippen molar-refractivity contribution in [2.45, 2.75) is 30.6 Å². The fourth-order valence-corrected chi connectivity index (χ4v) is 4.93. The van der Waals surface area contributed by atoms with Crippen molar-refractivity contribution in [2.24, 2.45) is 11.8 Å². The molecule has 0 spiro atoms. The number of aromatic nitrogens is 1. The monoisotopic (exact) mass is 409 g/mol. The molecule has 2 aromatic rings. The van der Waals surface area contributed by atoms with Crippen molar-refractivity contribution in [1.82, 2.24) is 4.98 Å². The molecule has 1 aromatic heterocycles. The van der Waals surface area contributed by atoms with Crippen LogP contribution in [0.1, 0.15) is 25.7 Å².